The number of nitrogens with zero attached hydrogens (tertiary/aromatic N) is 5. The molecule has 0 radical (unpaired) electrons. The molecule has 1 N–H and O–H groups in total. The maximum absolute atomic E-state index is 13.7. The Kier molecular flexibility index (Phi) is 8.43. The summed E-state index contributed by atoms with van der Waals surface area (Å²) in [5, 5.41) is 20.4. The van der Waals surface area contributed by atoms with Gasteiger partial charge in [0.25, 0.3) is 11.8 Å². The molecule has 0 aliphatic carbocycles. The van der Waals surface area contributed by atoms with Crippen LogP contribution in [0, 0.1) is 12.7 Å². The summed E-state index contributed by atoms with van der Waals surface area (Å²) in [4.78, 5) is 27.4. The molecular weight excluding hydrogens is 584 g/mol. The van der Waals surface area contributed by atoms with E-state index < -0.39 is 0 Å². The van der Waals surface area contributed by atoms with E-state index in [0.29, 0.717) is 23.0 Å². The Balaban J connectivity index is 1.24. The fourth-order valence-corrected chi connectivity index (χ4v) is 6.40. The number of carbonyl (C=O) groups excluding carboxylic acids is 2. The van der Waals surface area contributed by atoms with Gasteiger partial charge >= 0.3 is 0 Å². The van der Waals surface area contributed by atoms with Crippen LogP contribution in [0.25, 0.3) is 5.69 Å². The molecule has 0 bridgehead atoms. The van der Waals surface area contributed by atoms with E-state index >= 15 is 0 Å². The SMILES string of the molecule is Cc1cccc(-n2c(CNC(=O)c3ccccc3)nnc2SCC(=O)N2N=C(c3cccs3)C[C@H]2c2ccc(F)cc2)c1. The molecule has 3 heterocycles. The lowest BCUT2D eigenvalue weighted by Gasteiger charge is -2.22. The molecule has 2 amide bonds. The van der Waals surface area contributed by atoms with E-state index in [1.165, 1.54) is 28.9 Å². The van der Waals surface area contributed by atoms with Gasteiger partial charge in [-0.2, -0.15) is 5.10 Å². The van der Waals surface area contributed by atoms with Crippen molar-refractivity contribution in [2.24, 2.45) is 5.10 Å². The molecular formula is C32H27FN6O2S2. The van der Waals surface area contributed by atoms with Crippen molar-refractivity contribution in [3.05, 3.63) is 130 Å². The molecule has 3 aromatic carbocycles. The molecule has 8 nitrogen and oxygen atoms in total. The van der Waals surface area contributed by atoms with E-state index in [-0.39, 0.29) is 36.0 Å². The van der Waals surface area contributed by atoms with Crippen molar-refractivity contribution in [1.29, 1.82) is 0 Å². The first-order valence-electron chi connectivity index (χ1n) is 13.6. The number of thiophene rings is 1. The summed E-state index contributed by atoms with van der Waals surface area (Å²) in [5.41, 5.74) is 4.06. The molecule has 5 aromatic rings. The molecule has 0 saturated heterocycles. The monoisotopic (exact) mass is 610 g/mol. The summed E-state index contributed by atoms with van der Waals surface area (Å²) >= 11 is 2.82. The highest BCUT2D eigenvalue weighted by Crippen LogP contribution is 2.35. The van der Waals surface area contributed by atoms with Gasteiger partial charge < -0.3 is 5.32 Å². The first kappa shape index (κ1) is 28.5. The van der Waals surface area contributed by atoms with Crippen LogP contribution in [-0.4, -0.2) is 43.1 Å². The van der Waals surface area contributed by atoms with Gasteiger partial charge in [-0.05, 0) is 65.9 Å². The van der Waals surface area contributed by atoms with Crippen LogP contribution >= 0.6 is 23.1 Å². The number of nitrogens with one attached hydrogen (secondary N) is 1. The number of benzene rings is 3. The predicted octanol–water partition coefficient (Wildman–Crippen LogP) is 6.18. The highest BCUT2D eigenvalue weighted by Gasteiger charge is 2.33. The molecule has 0 spiro atoms. The van der Waals surface area contributed by atoms with E-state index in [1.54, 1.807) is 35.6 Å². The highest BCUT2D eigenvalue weighted by molar-refractivity contribution is 7.99. The zero-order chi connectivity index (χ0) is 29.8. The van der Waals surface area contributed by atoms with E-state index in [9.17, 15) is 14.0 Å². The van der Waals surface area contributed by atoms with Crippen molar-refractivity contribution >= 4 is 40.6 Å². The van der Waals surface area contributed by atoms with Crippen LogP contribution in [0.4, 0.5) is 4.39 Å². The van der Waals surface area contributed by atoms with Gasteiger partial charge in [-0.15, -0.1) is 21.5 Å². The summed E-state index contributed by atoms with van der Waals surface area (Å²) in [6.45, 7) is 2.14. The smallest absolute Gasteiger partial charge is 0.253 e. The molecule has 1 aliphatic rings. The maximum atomic E-state index is 13.7. The minimum atomic E-state index is -0.343. The Morgan fingerprint density at radius 3 is 2.56 bits per heavy atom. The minimum absolute atomic E-state index is 0.0548. The zero-order valence-electron chi connectivity index (χ0n) is 23.2. The summed E-state index contributed by atoms with van der Waals surface area (Å²) in [5.74, 6) is -0.166. The first-order chi connectivity index (χ1) is 21.0. The number of amides is 2. The summed E-state index contributed by atoms with van der Waals surface area (Å²) in [6.07, 6.45) is 0.535. The largest absolute Gasteiger partial charge is 0.345 e. The van der Waals surface area contributed by atoms with Gasteiger partial charge in [0.05, 0.1) is 28.9 Å². The fourth-order valence-electron chi connectivity index (χ4n) is 4.85. The van der Waals surface area contributed by atoms with Crippen molar-refractivity contribution in [1.82, 2.24) is 25.1 Å². The first-order valence-corrected chi connectivity index (χ1v) is 15.5. The van der Waals surface area contributed by atoms with Crippen molar-refractivity contribution in [2.45, 2.75) is 31.1 Å². The summed E-state index contributed by atoms with van der Waals surface area (Å²) < 4.78 is 15.5. The standard InChI is InChI=1S/C32H27FN6O2S2/c1-21-7-5-10-25(17-21)38-29(19-34-31(41)23-8-3-2-4-9-23)35-36-32(38)43-20-30(40)39-27(22-12-14-24(33)15-13-22)18-26(37-39)28-11-6-16-42-28/h2-17,27H,18-20H2,1H3,(H,34,41)/t27-/m0/s1. The van der Waals surface area contributed by atoms with Crippen LogP contribution < -0.4 is 5.32 Å². The van der Waals surface area contributed by atoms with Crippen LogP contribution in [0.15, 0.2) is 107 Å². The molecule has 43 heavy (non-hydrogen) atoms. The van der Waals surface area contributed by atoms with Gasteiger partial charge in [-0.1, -0.05) is 60.3 Å². The Morgan fingerprint density at radius 1 is 1.00 bits per heavy atom. The van der Waals surface area contributed by atoms with Crippen LogP contribution in [0.5, 0.6) is 0 Å². The number of aromatic nitrogens is 3. The zero-order valence-corrected chi connectivity index (χ0v) is 24.8. The number of rotatable bonds is 9. The van der Waals surface area contributed by atoms with E-state index in [1.807, 2.05) is 71.5 Å². The van der Waals surface area contributed by atoms with Crippen LogP contribution in [-0.2, 0) is 11.3 Å². The lowest BCUT2D eigenvalue weighted by Crippen LogP contribution is -2.28. The molecule has 11 heteroatoms. The Bertz CT molecular complexity index is 1770. The minimum Gasteiger partial charge on any atom is -0.345 e. The predicted molar refractivity (Wildman–Crippen MR) is 166 cm³/mol. The second kappa shape index (κ2) is 12.7. The molecule has 216 valence electrons. The number of aryl methyl sites for hydroxylation is 1. The van der Waals surface area contributed by atoms with E-state index in [0.717, 1.165) is 27.4 Å². The number of hydrogen-bond acceptors (Lipinski definition) is 7. The van der Waals surface area contributed by atoms with Gasteiger partial charge in [0.15, 0.2) is 11.0 Å². The third-order valence-electron chi connectivity index (χ3n) is 6.95. The fraction of sp³-hybridized carbons (Fsp3) is 0.156. The number of carbonyl (C=O) groups is 2. The van der Waals surface area contributed by atoms with Gasteiger partial charge in [0, 0.05) is 17.7 Å². The summed E-state index contributed by atoms with van der Waals surface area (Å²) in [7, 11) is 0. The third kappa shape index (κ3) is 6.42. The molecule has 1 atom stereocenters. The number of thioether (sulfide) groups is 1. The van der Waals surface area contributed by atoms with Crippen LogP contribution in [0.3, 0.4) is 0 Å². The topological polar surface area (TPSA) is 92.5 Å². The lowest BCUT2D eigenvalue weighted by atomic mass is 10.0. The lowest BCUT2D eigenvalue weighted by molar-refractivity contribution is -0.130. The molecule has 0 fully saturated rings. The molecule has 2 aromatic heterocycles. The normalized spacial score (nSPS) is 14.5. The third-order valence-corrected chi connectivity index (χ3v) is 8.79. The maximum Gasteiger partial charge on any atom is 0.253 e. The second-order valence-corrected chi connectivity index (χ2v) is 11.8. The average molecular weight is 611 g/mol. The van der Waals surface area contributed by atoms with Crippen molar-refractivity contribution in [3.63, 3.8) is 0 Å². The number of halogens is 1. The average Bonchev–Trinajstić information content (AvgIpc) is 3.80. The van der Waals surface area contributed by atoms with Crippen LogP contribution in [0.2, 0.25) is 0 Å². The van der Waals surface area contributed by atoms with Gasteiger partial charge in [-0.25, -0.2) is 9.40 Å². The van der Waals surface area contributed by atoms with Gasteiger partial charge in [-0.3, -0.25) is 14.2 Å². The van der Waals surface area contributed by atoms with E-state index in [4.69, 9.17) is 5.10 Å². The molecule has 0 saturated carbocycles. The van der Waals surface area contributed by atoms with E-state index in [2.05, 4.69) is 15.5 Å². The van der Waals surface area contributed by atoms with Crippen molar-refractivity contribution < 1.29 is 14.0 Å². The number of hydrogen-bond donors (Lipinski definition) is 1. The number of hydrazone groups is 1. The Labute approximate surface area is 256 Å². The summed E-state index contributed by atoms with van der Waals surface area (Å²) in [6, 6.07) is 26.6. The van der Waals surface area contributed by atoms with Crippen molar-refractivity contribution in [3.8, 4) is 5.69 Å². The van der Waals surface area contributed by atoms with Crippen LogP contribution in [0.1, 0.15) is 44.6 Å². The molecule has 1 aliphatic heterocycles. The molecule has 6 rings (SSSR count). The van der Waals surface area contributed by atoms with Crippen molar-refractivity contribution in [2.75, 3.05) is 5.75 Å². The molecule has 0 unspecified atom stereocenters. The second-order valence-electron chi connectivity index (χ2n) is 9.94. The highest BCUT2D eigenvalue weighted by atomic mass is 32.2. The van der Waals surface area contributed by atoms with Gasteiger partial charge in [0.1, 0.15) is 5.82 Å². The Hall–Kier alpha value is -4.61. The Morgan fingerprint density at radius 2 is 1.81 bits per heavy atom. The quantitative estimate of drug-likeness (QED) is 0.201. The van der Waals surface area contributed by atoms with Gasteiger partial charge in [0.2, 0.25) is 0 Å².